The summed E-state index contributed by atoms with van der Waals surface area (Å²) in [5.74, 6) is 1.73. The Morgan fingerprint density at radius 3 is 2.03 bits per heavy atom. The molecular weight excluding hydrogens is 530 g/mol. The van der Waals surface area contributed by atoms with Crippen molar-refractivity contribution in [1.82, 2.24) is 4.90 Å². The van der Waals surface area contributed by atoms with Gasteiger partial charge in [0.25, 0.3) is 0 Å². The molecule has 1 fully saturated rings. The molecule has 2 aromatic carbocycles. The smallest absolute Gasteiger partial charge is 0.198 e. The van der Waals surface area contributed by atoms with Gasteiger partial charge >= 0.3 is 0 Å². The van der Waals surface area contributed by atoms with E-state index in [1.54, 1.807) is 26.4 Å². The summed E-state index contributed by atoms with van der Waals surface area (Å²) in [5.41, 5.74) is 1.29. The molecule has 1 saturated heterocycles. The molecule has 38 heavy (non-hydrogen) atoms. The third kappa shape index (κ3) is 6.05. The highest BCUT2D eigenvalue weighted by Crippen LogP contribution is 2.47. The average Bonchev–Trinajstić information content (AvgIpc) is 2.89. The first-order valence-corrected chi connectivity index (χ1v) is 16.0. The summed E-state index contributed by atoms with van der Waals surface area (Å²) in [7, 11) is -1.41. The van der Waals surface area contributed by atoms with Crippen molar-refractivity contribution in [2.24, 2.45) is 0 Å². The van der Waals surface area contributed by atoms with E-state index in [1.165, 1.54) is 13.2 Å². The van der Waals surface area contributed by atoms with Crippen LogP contribution < -0.4 is 18.9 Å². The highest BCUT2D eigenvalue weighted by molar-refractivity contribution is 8.10. The molecular formula is C27H39NO8S2. The largest absolute Gasteiger partial charge is 0.493 e. The lowest BCUT2D eigenvalue weighted by atomic mass is 10.1. The lowest BCUT2D eigenvalue weighted by Crippen LogP contribution is -2.50. The van der Waals surface area contributed by atoms with Crippen LogP contribution in [0.25, 0.3) is 0 Å². The van der Waals surface area contributed by atoms with Crippen LogP contribution >= 0.6 is 0 Å². The summed E-state index contributed by atoms with van der Waals surface area (Å²) in [6, 6.07) is 10.4. The van der Waals surface area contributed by atoms with E-state index in [-0.39, 0.29) is 29.9 Å². The predicted octanol–water partition coefficient (Wildman–Crippen LogP) is 3.45. The zero-order chi connectivity index (χ0) is 28.0. The molecule has 11 heteroatoms. The van der Waals surface area contributed by atoms with Crippen LogP contribution in [0.3, 0.4) is 0 Å². The normalized spacial score (nSPS) is 17.6. The third-order valence-electron chi connectivity index (χ3n) is 7.01. The number of benzene rings is 2. The standard InChI is InChI=1S/C27H39NO8S2/c1-6-36-24-12-10-22(20-26(24)35-5)27(37(29,30)17-8-18-38(27,31)32)14-7-15-28(2)16-13-21-9-11-23(33-3)25(19-21)34-4/h9-12,19-20H,6-8,13-18H2,1-5H3. The highest BCUT2D eigenvalue weighted by atomic mass is 32.3. The summed E-state index contributed by atoms with van der Waals surface area (Å²) < 4.78 is 73.8. The summed E-state index contributed by atoms with van der Waals surface area (Å²) in [4.78, 5) is 2.07. The minimum absolute atomic E-state index is 0.0322. The minimum atomic E-state index is -3.99. The Kier molecular flexibility index (Phi) is 9.94. The fourth-order valence-corrected chi connectivity index (χ4v) is 10.8. The molecule has 0 amide bonds. The molecule has 0 atom stereocenters. The van der Waals surface area contributed by atoms with Crippen molar-refractivity contribution in [2.45, 2.75) is 36.7 Å². The maximum Gasteiger partial charge on any atom is 0.198 e. The van der Waals surface area contributed by atoms with Gasteiger partial charge in [0.1, 0.15) is 0 Å². The van der Waals surface area contributed by atoms with Crippen molar-refractivity contribution in [3.63, 3.8) is 0 Å². The number of ether oxygens (including phenoxy) is 4. The van der Waals surface area contributed by atoms with E-state index in [0.29, 0.717) is 49.1 Å². The first-order chi connectivity index (χ1) is 18.0. The van der Waals surface area contributed by atoms with Gasteiger partial charge < -0.3 is 23.8 Å². The number of likely N-dealkylation sites (N-methyl/N-ethyl adjacent to an activating group) is 1. The molecule has 0 N–H and O–H groups in total. The zero-order valence-corrected chi connectivity index (χ0v) is 24.5. The monoisotopic (exact) mass is 569 g/mol. The molecule has 212 valence electrons. The number of sulfone groups is 2. The van der Waals surface area contributed by atoms with Gasteiger partial charge in [-0.1, -0.05) is 12.1 Å². The summed E-state index contributed by atoms with van der Waals surface area (Å²) in [5, 5.41) is 0. The summed E-state index contributed by atoms with van der Waals surface area (Å²) in [6.45, 7) is 3.47. The van der Waals surface area contributed by atoms with Crippen LogP contribution in [-0.2, 0) is 30.2 Å². The quantitative estimate of drug-likeness (QED) is 0.358. The minimum Gasteiger partial charge on any atom is -0.493 e. The molecule has 1 aliphatic heterocycles. The number of hydrogen-bond donors (Lipinski definition) is 0. The second kappa shape index (κ2) is 12.6. The van der Waals surface area contributed by atoms with Gasteiger partial charge in [-0.3, -0.25) is 0 Å². The van der Waals surface area contributed by atoms with Gasteiger partial charge in [0.2, 0.25) is 0 Å². The molecule has 0 unspecified atom stereocenters. The van der Waals surface area contributed by atoms with Gasteiger partial charge in [0.05, 0.1) is 39.4 Å². The first kappa shape index (κ1) is 30.0. The molecule has 0 aromatic heterocycles. The molecule has 9 nitrogen and oxygen atoms in total. The van der Waals surface area contributed by atoms with Crippen molar-refractivity contribution < 1.29 is 35.8 Å². The van der Waals surface area contributed by atoms with Crippen LogP contribution in [0, 0.1) is 0 Å². The Hall–Kier alpha value is -2.50. The molecule has 1 aliphatic rings. The van der Waals surface area contributed by atoms with Crippen LogP contribution in [-0.4, -0.2) is 81.3 Å². The van der Waals surface area contributed by atoms with Gasteiger partial charge in [-0.15, -0.1) is 0 Å². The van der Waals surface area contributed by atoms with Crippen LogP contribution in [0.2, 0.25) is 0 Å². The fraction of sp³-hybridized carbons (Fsp3) is 0.556. The molecule has 3 rings (SSSR count). The molecule has 0 saturated carbocycles. The van der Waals surface area contributed by atoms with Crippen molar-refractivity contribution >= 4 is 19.7 Å². The first-order valence-electron chi connectivity index (χ1n) is 12.7. The van der Waals surface area contributed by atoms with Gasteiger partial charge in [0, 0.05) is 6.54 Å². The van der Waals surface area contributed by atoms with Crippen LogP contribution in [0.5, 0.6) is 23.0 Å². The van der Waals surface area contributed by atoms with Crippen molar-refractivity contribution in [3.05, 3.63) is 47.5 Å². The second-order valence-electron chi connectivity index (χ2n) is 9.39. The van der Waals surface area contributed by atoms with Crippen molar-refractivity contribution in [2.75, 3.05) is 59.6 Å². The second-order valence-corrected chi connectivity index (χ2v) is 14.3. The van der Waals surface area contributed by atoms with Gasteiger partial charge in [0.15, 0.2) is 46.8 Å². The van der Waals surface area contributed by atoms with E-state index in [0.717, 1.165) is 12.0 Å². The Labute approximate surface area is 226 Å². The summed E-state index contributed by atoms with van der Waals surface area (Å²) >= 11 is 0. The fourth-order valence-electron chi connectivity index (χ4n) is 5.01. The van der Waals surface area contributed by atoms with Crippen LogP contribution in [0.4, 0.5) is 0 Å². The SMILES string of the molecule is CCOc1ccc(C2(CCCN(C)CCc3ccc(OC)c(OC)c3)S(=O)(=O)CCCS2(=O)=O)cc1OC. The van der Waals surface area contributed by atoms with Crippen molar-refractivity contribution in [3.8, 4) is 23.0 Å². The number of rotatable bonds is 13. The molecule has 2 aromatic rings. The van der Waals surface area contributed by atoms with E-state index in [1.807, 2.05) is 32.2 Å². The summed E-state index contributed by atoms with van der Waals surface area (Å²) in [6.07, 6.45) is 1.20. The van der Waals surface area contributed by atoms with Crippen LogP contribution in [0.1, 0.15) is 37.3 Å². The Bertz CT molecular complexity index is 1270. The van der Waals surface area contributed by atoms with Gasteiger partial charge in [-0.05, 0) is 81.6 Å². The van der Waals surface area contributed by atoms with Gasteiger partial charge in [-0.25, -0.2) is 16.8 Å². The van der Waals surface area contributed by atoms with E-state index < -0.39 is 23.8 Å². The van der Waals surface area contributed by atoms with E-state index in [9.17, 15) is 16.8 Å². The Balaban J connectivity index is 1.81. The molecule has 0 aliphatic carbocycles. The molecule has 0 spiro atoms. The zero-order valence-electron chi connectivity index (χ0n) is 22.9. The maximum absolute atomic E-state index is 13.5. The molecule has 0 radical (unpaired) electrons. The highest BCUT2D eigenvalue weighted by Gasteiger charge is 2.57. The van der Waals surface area contributed by atoms with E-state index >= 15 is 0 Å². The number of methoxy groups -OCH3 is 3. The third-order valence-corrected chi connectivity index (χ3v) is 13.1. The Morgan fingerprint density at radius 1 is 0.816 bits per heavy atom. The topological polar surface area (TPSA) is 108 Å². The maximum atomic E-state index is 13.5. The molecule has 0 bridgehead atoms. The van der Waals surface area contributed by atoms with Crippen molar-refractivity contribution in [1.29, 1.82) is 0 Å². The average molecular weight is 570 g/mol. The van der Waals surface area contributed by atoms with E-state index in [2.05, 4.69) is 4.90 Å². The molecule has 1 heterocycles. The lowest BCUT2D eigenvalue weighted by molar-refractivity contribution is 0.310. The van der Waals surface area contributed by atoms with E-state index in [4.69, 9.17) is 18.9 Å². The lowest BCUT2D eigenvalue weighted by Gasteiger charge is -2.37. The predicted molar refractivity (Wildman–Crippen MR) is 148 cm³/mol. The number of hydrogen-bond acceptors (Lipinski definition) is 9. The Morgan fingerprint density at radius 2 is 1.42 bits per heavy atom. The van der Waals surface area contributed by atoms with Crippen LogP contribution in [0.15, 0.2) is 36.4 Å². The van der Waals surface area contributed by atoms with Gasteiger partial charge in [-0.2, -0.15) is 0 Å². The number of nitrogens with zero attached hydrogens (tertiary/aromatic N) is 1.